The number of ether oxygens (including phenoxy) is 1. The molecule has 0 unspecified atom stereocenters. The zero-order valence-corrected chi connectivity index (χ0v) is 17.9. The van der Waals surface area contributed by atoms with Gasteiger partial charge >= 0.3 is 12.2 Å². The Balaban J connectivity index is 1.43. The lowest BCUT2D eigenvalue weighted by atomic mass is 10.1. The van der Waals surface area contributed by atoms with Gasteiger partial charge in [-0.1, -0.05) is 18.2 Å². The molecule has 0 radical (unpaired) electrons. The lowest BCUT2D eigenvalue weighted by molar-refractivity contribution is -0.136. The zero-order chi connectivity index (χ0) is 24.3. The fourth-order valence-corrected chi connectivity index (χ4v) is 3.27. The Labute approximate surface area is 191 Å². The predicted molar refractivity (Wildman–Crippen MR) is 121 cm³/mol. The highest BCUT2D eigenvalue weighted by Crippen LogP contribution is 2.34. The number of carbonyl (C=O) groups is 1. The molecular formula is C24H19F3N4O3. The molecule has 4 rings (SSSR count). The van der Waals surface area contributed by atoms with Crippen LogP contribution < -0.4 is 20.9 Å². The molecule has 0 aliphatic heterocycles. The molecule has 4 aromatic rings. The van der Waals surface area contributed by atoms with E-state index >= 15 is 0 Å². The molecule has 2 aromatic heterocycles. The highest BCUT2D eigenvalue weighted by atomic mass is 19.4. The monoisotopic (exact) mass is 468 g/mol. The summed E-state index contributed by atoms with van der Waals surface area (Å²) in [7, 11) is 0. The van der Waals surface area contributed by atoms with Crippen molar-refractivity contribution >= 4 is 23.1 Å². The van der Waals surface area contributed by atoms with Gasteiger partial charge in [0.2, 0.25) is 0 Å². The van der Waals surface area contributed by atoms with Crippen LogP contribution in [-0.2, 0) is 12.8 Å². The molecule has 2 N–H and O–H groups in total. The predicted octanol–water partition coefficient (Wildman–Crippen LogP) is 5.24. The maximum atomic E-state index is 13.1. The number of anilines is 2. The number of aryl methyl sites for hydroxylation is 1. The van der Waals surface area contributed by atoms with Gasteiger partial charge in [0.05, 0.1) is 16.9 Å². The summed E-state index contributed by atoms with van der Waals surface area (Å²) in [4.78, 5) is 29.0. The average Bonchev–Trinajstić information content (AvgIpc) is 2.77. The van der Waals surface area contributed by atoms with E-state index in [-0.39, 0.29) is 17.9 Å². The number of rotatable bonds is 5. The summed E-state index contributed by atoms with van der Waals surface area (Å²) < 4.78 is 46.5. The summed E-state index contributed by atoms with van der Waals surface area (Å²) in [6.45, 7) is 1.90. The summed E-state index contributed by atoms with van der Waals surface area (Å²) in [5.41, 5.74) is 0.643. The number of para-hydroxylation sites is 1. The molecule has 0 aliphatic carbocycles. The minimum atomic E-state index is -4.60. The van der Waals surface area contributed by atoms with Crippen molar-refractivity contribution in [1.82, 2.24) is 9.38 Å². The number of hydrogen-bond acceptors (Lipinski definition) is 4. The second kappa shape index (κ2) is 9.26. The fourth-order valence-electron chi connectivity index (χ4n) is 3.27. The Bertz CT molecular complexity index is 1420. The van der Waals surface area contributed by atoms with Gasteiger partial charge in [0, 0.05) is 24.0 Å². The molecule has 2 aromatic carbocycles. The van der Waals surface area contributed by atoms with Crippen LogP contribution >= 0.6 is 0 Å². The second-order valence-electron chi connectivity index (χ2n) is 7.46. The third-order valence-electron chi connectivity index (χ3n) is 4.84. The number of fused-ring (bicyclic) bond motifs is 1. The molecule has 0 bridgehead atoms. The van der Waals surface area contributed by atoms with Crippen LogP contribution in [-0.4, -0.2) is 15.4 Å². The number of benzene rings is 2. The maximum absolute atomic E-state index is 13.1. The first-order valence-electron chi connectivity index (χ1n) is 10.1. The molecule has 34 heavy (non-hydrogen) atoms. The van der Waals surface area contributed by atoms with Gasteiger partial charge in [0.1, 0.15) is 18.0 Å². The molecule has 0 saturated heterocycles. The van der Waals surface area contributed by atoms with E-state index in [2.05, 4.69) is 15.6 Å². The Morgan fingerprint density at radius 1 is 1.03 bits per heavy atom. The van der Waals surface area contributed by atoms with Gasteiger partial charge in [-0.05, 0) is 48.9 Å². The molecule has 0 spiro atoms. The summed E-state index contributed by atoms with van der Waals surface area (Å²) in [6, 6.07) is 15.1. The molecule has 0 atom stereocenters. The van der Waals surface area contributed by atoms with E-state index in [0.29, 0.717) is 22.8 Å². The first-order chi connectivity index (χ1) is 16.2. The van der Waals surface area contributed by atoms with Crippen LogP contribution in [0.2, 0.25) is 0 Å². The number of nitrogens with zero attached hydrogens (tertiary/aromatic N) is 2. The average molecular weight is 468 g/mol. The Morgan fingerprint density at radius 2 is 1.82 bits per heavy atom. The number of halogens is 3. The number of amides is 2. The first-order valence-corrected chi connectivity index (χ1v) is 10.1. The van der Waals surface area contributed by atoms with Gasteiger partial charge in [0.25, 0.3) is 5.56 Å². The fraction of sp³-hybridized carbons (Fsp3) is 0.125. The smallest absolute Gasteiger partial charge is 0.418 e. The Kier molecular flexibility index (Phi) is 6.22. The number of aromatic nitrogens is 2. The molecule has 174 valence electrons. The molecule has 0 saturated carbocycles. The maximum Gasteiger partial charge on any atom is 0.418 e. The van der Waals surface area contributed by atoms with Crippen LogP contribution in [0, 0.1) is 6.92 Å². The minimum absolute atomic E-state index is 0.00822. The summed E-state index contributed by atoms with van der Waals surface area (Å²) in [5.74, 6) is 0.375. The van der Waals surface area contributed by atoms with E-state index in [4.69, 9.17) is 4.74 Å². The van der Waals surface area contributed by atoms with Crippen molar-refractivity contribution in [2.24, 2.45) is 0 Å². The van der Waals surface area contributed by atoms with Gasteiger partial charge in [0.15, 0.2) is 0 Å². The topological polar surface area (TPSA) is 84.7 Å². The van der Waals surface area contributed by atoms with Crippen molar-refractivity contribution < 1.29 is 22.7 Å². The second-order valence-corrected chi connectivity index (χ2v) is 7.46. The van der Waals surface area contributed by atoms with Crippen molar-refractivity contribution in [2.45, 2.75) is 19.7 Å². The molecule has 0 aliphatic rings. The summed E-state index contributed by atoms with van der Waals surface area (Å²) in [5, 5.41) is 4.69. The van der Waals surface area contributed by atoms with Crippen molar-refractivity contribution in [3.05, 3.63) is 100 Å². The van der Waals surface area contributed by atoms with Gasteiger partial charge in [-0.25, -0.2) is 9.78 Å². The molecule has 2 amide bonds. The zero-order valence-electron chi connectivity index (χ0n) is 17.9. The summed E-state index contributed by atoms with van der Waals surface area (Å²) >= 11 is 0. The molecular weight excluding hydrogens is 449 g/mol. The largest absolute Gasteiger partial charge is 0.487 e. The molecule has 0 fully saturated rings. The normalized spacial score (nSPS) is 11.3. The van der Waals surface area contributed by atoms with Gasteiger partial charge in [-0.3, -0.25) is 9.20 Å². The van der Waals surface area contributed by atoms with E-state index in [0.717, 1.165) is 11.6 Å². The van der Waals surface area contributed by atoms with Crippen LogP contribution in [0.3, 0.4) is 0 Å². The highest BCUT2D eigenvalue weighted by Gasteiger charge is 2.33. The molecule has 2 heterocycles. The Hall–Kier alpha value is -4.34. The number of alkyl halides is 3. The third kappa shape index (κ3) is 5.34. The van der Waals surface area contributed by atoms with E-state index in [1.165, 1.54) is 34.7 Å². The highest BCUT2D eigenvalue weighted by molar-refractivity contribution is 6.00. The van der Waals surface area contributed by atoms with Crippen molar-refractivity contribution in [1.29, 1.82) is 0 Å². The van der Waals surface area contributed by atoms with E-state index in [1.807, 2.05) is 13.0 Å². The number of nitrogens with one attached hydrogen (secondary N) is 2. The van der Waals surface area contributed by atoms with Crippen LogP contribution in [0.15, 0.2) is 77.7 Å². The lowest BCUT2D eigenvalue weighted by Gasteiger charge is -2.14. The van der Waals surface area contributed by atoms with Crippen molar-refractivity contribution in [2.75, 3.05) is 10.6 Å². The number of urea groups is 1. The van der Waals surface area contributed by atoms with Gasteiger partial charge < -0.3 is 15.4 Å². The third-order valence-corrected chi connectivity index (χ3v) is 4.84. The minimum Gasteiger partial charge on any atom is -0.487 e. The molecule has 10 heteroatoms. The van der Waals surface area contributed by atoms with Crippen molar-refractivity contribution in [3.8, 4) is 5.75 Å². The van der Waals surface area contributed by atoms with Crippen LogP contribution in [0.5, 0.6) is 5.75 Å². The summed E-state index contributed by atoms with van der Waals surface area (Å²) in [6.07, 6.45) is -2.95. The number of pyridine rings is 1. The lowest BCUT2D eigenvalue weighted by Crippen LogP contribution is -2.21. The quantitative estimate of drug-likeness (QED) is 0.419. The number of carbonyl (C=O) groups excluding carboxylic acids is 1. The molecule has 7 nitrogen and oxygen atoms in total. The Morgan fingerprint density at radius 3 is 2.62 bits per heavy atom. The van der Waals surface area contributed by atoms with Crippen LogP contribution in [0.4, 0.5) is 29.3 Å². The van der Waals surface area contributed by atoms with Gasteiger partial charge in [-0.15, -0.1) is 0 Å². The van der Waals surface area contributed by atoms with Crippen LogP contribution in [0.1, 0.15) is 16.8 Å². The number of hydrogen-bond donors (Lipinski definition) is 2. The van der Waals surface area contributed by atoms with E-state index in [9.17, 15) is 22.8 Å². The SMILES string of the molecule is Cc1ccn2c(=O)cc(COc3cccc(NC(=O)Nc4ccccc4C(F)(F)F)c3)nc2c1. The van der Waals surface area contributed by atoms with E-state index < -0.39 is 17.8 Å². The van der Waals surface area contributed by atoms with Gasteiger partial charge in [-0.2, -0.15) is 13.2 Å². The van der Waals surface area contributed by atoms with Crippen molar-refractivity contribution in [3.63, 3.8) is 0 Å². The van der Waals surface area contributed by atoms with Crippen LogP contribution in [0.25, 0.3) is 5.65 Å². The first kappa shape index (κ1) is 22.8. The van der Waals surface area contributed by atoms with E-state index in [1.54, 1.807) is 30.5 Å². The standard InChI is InChI=1S/C24H19F3N4O3/c1-15-9-10-31-21(11-15)28-17(13-22(31)32)14-34-18-6-4-5-16(12-18)29-23(33)30-20-8-3-2-7-19(20)24(25,26)27/h2-13H,14H2,1H3,(H2,29,30,33).